The summed E-state index contributed by atoms with van der Waals surface area (Å²) in [6, 6.07) is 5.69. The molecule has 1 atom stereocenters. The standard InChI is InChI=1S/C14H19BrN2O.ClH/c1-10-8-12(2-3-13(10)15)14(18)17-7-5-11-4-6-16-9-11;/h2-3,8,11,16H,4-7,9H2,1H3,(H,17,18);1H. The Balaban J connectivity index is 0.00000180. The third-order valence-electron chi connectivity index (χ3n) is 3.42. The zero-order valence-corrected chi connectivity index (χ0v) is 13.4. The molecule has 19 heavy (non-hydrogen) atoms. The van der Waals surface area contributed by atoms with Gasteiger partial charge in [0.05, 0.1) is 0 Å². The molecule has 1 aliphatic rings. The first kappa shape index (κ1) is 16.5. The van der Waals surface area contributed by atoms with Crippen LogP contribution in [0.3, 0.4) is 0 Å². The summed E-state index contributed by atoms with van der Waals surface area (Å²) >= 11 is 3.44. The van der Waals surface area contributed by atoms with E-state index in [2.05, 4.69) is 26.6 Å². The fraction of sp³-hybridized carbons (Fsp3) is 0.500. The van der Waals surface area contributed by atoms with E-state index in [9.17, 15) is 4.79 Å². The molecule has 0 saturated carbocycles. The molecular formula is C14H20BrClN2O. The molecule has 1 aliphatic heterocycles. The van der Waals surface area contributed by atoms with Gasteiger partial charge < -0.3 is 10.6 Å². The van der Waals surface area contributed by atoms with Crippen molar-refractivity contribution in [3.05, 3.63) is 33.8 Å². The van der Waals surface area contributed by atoms with Crippen LogP contribution < -0.4 is 10.6 Å². The predicted molar refractivity (Wildman–Crippen MR) is 84.1 cm³/mol. The molecule has 0 aromatic heterocycles. The molecule has 1 saturated heterocycles. The van der Waals surface area contributed by atoms with Crippen molar-refractivity contribution in [2.45, 2.75) is 19.8 Å². The van der Waals surface area contributed by atoms with Crippen LogP contribution in [0.25, 0.3) is 0 Å². The van der Waals surface area contributed by atoms with E-state index in [1.165, 1.54) is 6.42 Å². The van der Waals surface area contributed by atoms with Crippen molar-refractivity contribution < 1.29 is 4.79 Å². The van der Waals surface area contributed by atoms with Gasteiger partial charge in [-0.3, -0.25) is 4.79 Å². The summed E-state index contributed by atoms with van der Waals surface area (Å²) in [6.07, 6.45) is 2.29. The Kier molecular flexibility index (Phi) is 6.83. The van der Waals surface area contributed by atoms with E-state index in [4.69, 9.17) is 0 Å². The fourth-order valence-corrected chi connectivity index (χ4v) is 2.49. The van der Waals surface area contributed by atoms with E-state index in [-0.39, 0.29) is 18.3 Å². The highest BCUT2D eigenvalue weighted by Crippen LogP contribution is 2.17. The predicted octanol–water partition coefficient (Wildman–Crippen LogP) is 2.91. The van der Waals surface area contributed by atoms with Crippen molar-refractivity contribution in [1.29, 1.82) is 0 Å². The Bertz CT molecular complexity index is 433. The van der Waals surface area contributed by atoms with Crippen molar-refractivity contribution in [2.75, 3.05) is 19.6 Å². The van der Waals surface area contributed by atoms with Crippen molar-refractivity contribution in [2.24, 2.45) is 5.92 Å². The fourth-order valence-electron chi connectivity index (χ4n) is 2.24. The number of amides is 1. The largest absolute Gasteiger partial charge is 0.352 e. The number of rotatable bonds is 4. The first-order chi connectivity index (χ1) is 8.66. The van der Waals surface area contributed by atoms with Gasteiger partial charge >= 0.3 is 0 Å². The first-order valence-corrected chi connectivity index (χ1v) is 7.21. The molecule has 0 radical (unpaired) electrons. The second kappa shape index (κ2) is 7.88. The van der Waals surface area contributed by atoms with Crippen molar-refractivity contribution >= 4 is 34.2 Å². The quantitative estimate of drug-likeness (QED) is 0.879. The minimum atomic E-state index is 0. The number of hydrogen-bond donors (Lipinski definition) is 2. The van der Waals surface area contributed by atoms with Crippen molar-refractivity contribution in [1.82, 2.24) is 10.6 Å². The minimum Gasteiger partial charge on any atom is -0.352 e. The zero-order valence-electron chi connectivity index (χ0n) is 11.0. The Labute approximate surface area is 129 Å². The molecule has 5 heteroatoms. The third kappa shape index (κ3) is 4.79. The molecule has 1 unspecified atom stereocenters. The Morgan fingerprint density at radius 2 is 2.32 bits per heavy atom. The summed E-state index contributed by atoms with van der Waals surface area (Å²) in [5.41, 5.74) is 1.82. The van der Waals surface area contributed by atoms with Crippen molar-refractivity contribution in [3.8, 4) is 0 Å². The van der Waals surface area contributed by atoms with Gasteiger partial charge in [0, 0.05) is 16.6 Å². The molecule has 2 rings (SSSR count). The summed E-state index contributed by atoms with van der Waals surface area (Å²) in [7, 11) is 0. The Hall–Kier alpha value is -0.580. The average Bonchev–Trinajstić information content (AvgIpc) is 2.85. The van der Waals surface area contributed by atoms with E-state index in [1.807, 2.05) is 25.1 Å². The third-order valence-corrected chi connectivity index (χ3v) is 4.31. The second-order valence-electron chi connectivity index (χ2n) is 4.87. The molecule has 1 aromatic rings. The molecule has 1 aromatic carbocycles. The summed E-state index contributed by atoms with van der Waals surface area (Å²) in [4.78, 5) is 11.9. The number of carbonyl (C=O) groups excluding carboxylic acids is 1. The lowest BCUT2D eigenvalue weighted by Crippen LogP contribution is -2.26. The molecule has 0 bridgehead atoms. The lowest BCUT2D eigenvalue weighted by Gasteiger charge is -2.10. The van der Waals surface area contributed by atoms with Crippen LogP contribution in [-0.4, -0.2) is 25.5 Å². The van der Waals surface area contributed by atoms with Crippen LogP contribution in [-0.2, 0) is 0 Å². The van der Waals surface area contributed by atoms with Crippen molar-refractivity contribution in [3.63, 3.8) is 0 Å². The highest BCUT2D eigenvalue weighted by atomic mass is 79.9. The van der Waals surface area contributed by atoms with E-state index in [0.717, 1.165) is 47.6 Å². The van der Waals surface area contributed by atoms with Crippen LogP contribution in [0.5, 0.6) is 0 Å². The molecule has 2 N–H and O–H groups in total. The topological polar surface area (TPSA) is 41.1 Å². The number of hydrogen-bond acceptors (Lipinski definition) is 2. The molecule has 0 aliphatic carbocycles. The van der Waals surface area contributed by atoms with Gasteiger partial charge in [-0.05, 0) is 62.5 Å². The number of benzene rings is 1. The summed E-state index contributed by atoms with van der Waals surface area (Å²) in [5, 5.41) is 6.33. The Morgan fingerprint density at radius 1 is 1.53 bits per heavy atom. The molecule has 1 heterocycles. The van der Waals surface area contributed by atoms with Gasteiger partial charge in [0.1, 0.15) is 0 Å². The molecule has 0 spiro atoms. The van der Waals surface area contributed by atoms with Gasteiger partial charge in [-0.15, -0.1) is 12.4 Å². The van der Waals surface area contributed by atoms with Gasteiger partial charge in [0.15, 0.2) is 0 Å². The van der Waals surface area contributed by atoms with Gasteiger partial charge in [-0.25, -0.2) is 0 Å². The molecule has 3 nitrogen and oxygen atoms in total. The van der Waals surface area contributed by atoms with E-state index in [1.54, 1.807) is 0 Å². The maximum absolute atomic E-state index is 11.9. The monoisotopic (exact) mass is 346 g/mol. The molecular weight excluding hydrogens is 328 g/mol. The van der Waals surface area contributed by atoms with E-state index in [0.29, 0.717) is 0 Å². The lowest BCUT2D eigenvalue weighted by atomic mass is 10.1. The average molecular weight is 348 g/mol. The number of nitrogens with one attached hydrogen (secondary N) is 2. The smallest absolute Gasteiger partial charge is 0.251 e. The summed E-state index contributed by atoms with van der Waals surface area (Å²) in [5.74, 6) is 0.744. The summed E-state index contributed by atoms with van der Waals surface area (Å²) in [6.45, 7) is 4.96. The molecule has 1 amide bonds. The van der Waals surface area contributed by atoms with Crippen LogP contribution in [0.4, 0.5) is 0 Å². The number of halogens is 2. The number of aryl methyl sites for hydroxylation is 1. The highest BCUT2D eigenvalue weighted by Gasteiger charge is 2.14. The normalized spacial score (nSPS) is 17.9. The first-order valence-electron chi connectivity index (χ1n) is 6.42. The highest BCUT2D eigenvalue weighted by molar-refractivity contribution is 9.10. The maximum Gasteiger partial charge on any atom is 0.251 e. The van der Waals surface area contributed by atoms with Crippen LogP contribution in [0.15, 0.2) is 22.7 Å². The Morgan fingerprint density at radius 3 is 2.95 bits per heavy atom. The number of carbonyl (C=O) groups is 1. The second-order valence-corrected chi connectivity index (χ2v) is 5.72. The van der Waals surface area contributed by atoms with E-state index < -0.39 is 0 Å². The van der Waals surface area contributed by atoms with Crippen LogP contribution in [0, 0.1) is 12.8 Å². The van der Waals surface area contributed by atoms with Crippen LogP contribution in [0.1, 0.15) is 28.8 Å². The van der Waals surface area contributed by atoms with Gasteiger partial charge in [0.2, 0.25) is 0 Å². The van der Waals surface area contributed by atoms with Gasteiger partial charge in [-0.2, -0.15) is 0 Å². The molecule has 1 fully saturated rings. The SMILES string of the molecule is Cc1cc(C(=O)NCCC2CCNC2)ccc1Br.Cl. The van der Waals surface area contributed by atoms with Gasteiger partial charge in [-0.1, -0.05) is 15.9 Å². The van der Waals surface area contributed by atoms with Crippen LogP contribution in [0.2, 0.25) is 0 Å². The summed E-state index contributed by atoms with van der Waals surface area (Å²) < 4.78 is 1.04. The van der Waals surface area contributed by atoms with Gasteiger partial charge in [0.25, 0.3) is 5.91 Å². The molecule has 106 valence electrons. The maximum atomic E-state index is 11.9. The van der Waals surface area contributed by atoms with Crippen LogP contribution >= 0.6 is 28.3 Å². The van der Waals surface area contributed by atoms with E-state index >= 15 is 0 Å². The zero-order chi connectivity index (χ0) is 13.0. The minimum absolute atomic E-state index is 0. The lowest BCUT2D eigenvalue weighted by molar-refractivity contribution is 0.0951.